The van der Waals surface area contributed by atoms with Crippen molar-refractivity contribution in [2.75, 3.05) is 0 Å². The molecule has 0 radical (unpaired) electrons. The van der Waals surface area contributed by atoms with Crippen molar-refractivity contribution in [1.29, 1.82) is 0 Å². The van der Waals surface area contributed by atoms with Gasteiger partial charge in [-0.25, -0.2) is 15.0 Å². The van der Waals surface area contributed by atoms with Crippen LogP contribution in [0.15, 0.2) is 128 Å². The summed E-state index contributed by atoms with van der Waals surface area (Å²) >= 11 is 0. The van der Waals surface area contributed by atoms with Gasteiger partial charge in [0.15, 0.2) is 0 Å². The number of aromatic nitrogens is 5. The molecule has 5 heterocycles. The molecule has 7 aromatic rings. The van der Waals surface area contributed by atoms with E-state index in [2.05, 4.69) is 58.5 Å². The van der Waals surface area contributed by atoms with Crippen molar-refractivity contribution in [3.8, 4) is 45.3 Å². The predicted octanol–water partition coefficient (Wildman–Crippen LogP) is 7.64. The van der Waals surface area contributed by atoms with Crippen LogP contribution in [-0.4, -0.2) is 24.9 Å². The van der Waals surface area contributed by atoms with Gasteiger partial charge in [0.25, 0.3) is 0 Å². The maximum absolute atomic E-state index is 5.10. The SMILES string of the molecule is c1ccc(-c2cccc(-c3cccc(-c4ccc5ccc6ccc(-c7ccccn7)nc6c5n4)c3)n2)nc1. The number of hydrogen-bond donors (Lipinski definition) is 0. The molecular weight excluding hydrogens is 466 g/mol. The monoisotopic (exact) mass is 487 g/mol. The van der Waals surface area contributed by atoms with Crippen LogP contribution in [-0.2, 0) is 0 Å². The summed E-state index contributed by atoms with van der Waals surface area (Å²) in [6, 6.07) is 38.5. The Labute approximate surface area is 219 Å². The molecule has 0 fully saturated rings. The van der Waals surface area contributed by atoms with E-state index in [1.165, 1.54) is 0 Å². The lowest BCUT2D eigenvalue weighted by Crippen LogP contribution is -1.92. The Hall–Kier alpha value is -5.29. The molecule has 0 saturated heterocycles. The number of pyridine rings is 5. The average Bonchev–Trinajstić information content (AvgIpc) is 3.01. The van der Waals surface area contributed by atoms with E-state index in [-0.39, 0.29) is 0 Å². The molecule has 5 aromatic heterocycles. The van der Waals surface area contributed by atoms with Crippen molar-refractivity contribution < 1.29 is 0 Å². The first-order valence-electron chi connectivity index (χ1n) is 12.4. The molecule has 5 heteroatoms. The summed E-state index contributed by atoms with van der Waals surface area (Å²) in [4.78, 5) is 23.9. The van der Waals surface area contributed by atoms with E-state index in [1.807, 2.05) is 66.7 Å². The number of rotatable bonds is 4. The Kier molecular flexibility index (Phi) is 5.37. The Morgan fingerprint density at radius 2 is 0.816 bits per heavy atom. The van der Waals surface area contributed by atoms with E-state index >= 15 is 0 Å². The van der Waals surface area contributed by atoms with Crippen LogP contribution in [0, 0.1) is 0 Å². The van der Waals surface area contributed by atoms with Gasteiger partial charge in [0.05, 0.1) is 45.2 Å². The van der Waals surface area contributed by atoms with Crippen molar-refractivity contribution in [2.45, 2.75) is 0 Å². The van der Waals surface area contributed by atoms with Gasteiger partial charge in [-0.1, -0.05) is 60.7 Å². The third-order valence-electron chi connectivity index (χ3n) is 6.58. The lowest BCUT2D eigenvalue weighted by molar-refractivity contribution is 1.25. The molecule has 0 N–H and O–H groups in total. The number of fused-ring (bicyclic) bond motifs is 3. The molecule has 178 valence electrons. The minimum Gasteiger partial charge on any atom is -0.255 e. The van der Waals surface area contributed by atoms with E-state index < -0.39 is 0 Å². The molecule has 5 nitrogen and oxygen atoms in total. The van der Waals surface area contributed by atoms with E-state index in [4.69, 9.17) is 15.0 Å². The molecule has 0 amide bonds. The van der Waals surface area contributed by atoms with Gasteiger partial charge >= 0.3 is 0 Å². The summed E-state index contributed by atoms with van der Waals surface area (Å²) in [7, 11) is 0. The standard InChI is InChI=1S/C33H21N5/c1-3-19-34-28(9-1)30-12-6-11-26(36-30)24-7-5-8-25(21-24)27-17-15-22-13-14-23-16-18-31(29-10-2-4-20-35-29)38-33(23)32(22)37-27/h1-21H. The zero-order chi connectivity index (χ0) is 25.3. The Balaban J connectivity index is 1.32. The smallest absolute Gasteiger partial charge is 0.0973 e. The van der Waals surface area contributed by atoms with Gasteiger partial charge < -0.3 is 0 Å². The highest BCUT2D eigenvalue weighted by molar-refractivity contribution is 6.04. The minimum atomic E-state index is 0.832. The zero-order valence-electron chi connectivity index (χ0n) is 20.4. The molecule has 0 aliphatic carbocycles. The second-order valence-electron chi connectivity index (χ2n) is 9.02. The quantitative estimate of drug-likeness (QED) is 0.239. The fraction of sp³-hybridized carbons (Fsp3) is 0. The molecule has 38 heavy (non-hydrogen) atoms. The van der Waals surface area contributed by atoms with Gasteiger partial charge in [-0.2, -0.15) is 0 Å². The van der Waals surface area contributed by atoms with Gasteiger partial charge in [-0.3, -0.25) is 9.97 Å². The van der Waals surface area contributed by atoms with Crippen molar-refractivity contribution in [1.82, 2.24) is 24.9 Å². The summed E-state index contributed by atoms with van der Waals surface area (Å²) < 4.78 is 0. The Morgan fingerprint density at radius 3 is 1.45 bits per heavy atom. The molecule has 0 unspecified atom stereocenters. The fourth-order valence-corrected chi connectivity index (χ4v) is 4.68. The van der Waals surface area contributed by atoms with Gasteiger partial charge in [0.2, 0.25) is 0 Å². The molecule has 2 aromatic carbocycles. The van der Waals surface area contributed by atoms with E-state index in [9.17, 15) is 0 Å². The molecule has 0 saturated carbocycles. The highest BCUT2D eigenvalue weighted by atomic mass is 14.8. The van der Waals surface area contributed by atoms with E-state index in [0.29, 0.717) is 0 Å². The summed E-state index contributed by atoms with van der Waals surface area (Å²) in [5.41, 5.74) is 8.94. The van der Waals surface area contributed by atoms with Gasteiger partial charge in [0, 0.05) is 34.3 Å². The Morgan fingerprint density at radius 1 is 0.342 bits per heavy atom. The van der Waals surface area contributed by atoms with Crippen molar-refractivity contribution >= 4 is 21.8 Å². The second kappa shape index (κ2) is 9.30. The maximum Gasteiger partial charge on any atom is 0.0973 e. The largest absolute Gasteiger partial charge is 0.255 e. The summed E-state index contributed by atoms with van der Waals surface area (Å²) in [6.45, 7) is 0. The topological polar surface area (TPSA) is 64.5 Å². The first-order valence-corrected chi connectivity index (χ1v) is 12.4. The lowest BCUT2D eigenvalue weighted by atomic mass is 10.0. The summed E-state index contributed by atoms with van der Waals surface area (Å²) in [5.74, 6) is 0. The molecule has 0 aliphatic heterocycles. The molecule has 0 spiro atoms. The van der Waals surface area contributed by atoms with Gasteiger partial charge in [0.1, 0.15) is 0 Å². The van der Waals surface area contributed by atoms with Crippen LogP contribution < -0.4 is 0 Å². The Bertz CT molecular complexity index is 1920. The van der Waals surface area contributed by atoms with Crippen LogP contribution in [0.4, 0.5) is 0 Å². The van der Waals surface area contributed by atoms with Crippen molar-refractivity contribution in [3.05, 3.63) is 128 Å². The summed E-state index contributed by atoms with van der Waals surface area (Å²) in [5, 5.41) is 2.10. The van der Waals surface area contributed by atoms with Crippen LogP contribution in [0.1, 0.15) is 0 Å². The molecular formula is C33H21N5. The zero-order valence-corrected chi connectivity index (χ0v) is 20.4. The van der Waals surface area contributed by atoms with Crippen LogP contribution in [0.5, 0.6) is 0 Å². The average molecular weight is 488 g/mol. The maximum atomic E-state index is 5.10. The molecule has 0 bridgehead atoms. The number of nitrogens with zero attached hydrogens (tertiary/aromatic N) is 5. The highest BCUT2D eigenvalue weighted by Gasteiger charge is 2.11. The highest BCUT2D eigenvalue weighted by Crippen LogP contribution is 2.30. The predicted molar refractivity (Wildman–Crippen MR) is 152 cm³/mol. The lowest BCUT2D eigenvalue weighted by Gasteiger charge is -2.09. The first-order chi connectivity index (χ1) is 18.8. The number of hydrogen-bond acceptors (Lipinski definition) is 5. The third kappa shape index (κ3) is 4.06. The molecule has 0 atom stereocenters. The normalized spacial score (nSPS) is 11.2. The molecule has 7 rings (SSSR count). The van der Waals surface area contributed by atoms with Crippen molar-refractivity contribution in [2.24, 2.45) is 0 Å². The molecule has 0 aliphatic rings. The second-order valence-corrected chi connectivity index (χ2v) is 9.02. The van der Waals surface area contributed by atoms with Crippen LogP contribution in [0.3, 0.4) is 0 Å². The van der Waals surface area contributed by atoms with Crippen LogP contribution in [0.2, 0.25) is 0 Å². The van der Waals surface area contributed by atoms with Crippen molar-refractivity contribution in [3.63, 3.8) is 0 Å². The van der Waals surface area contributed by atoms with Crippen LogP contribution >= 0.6 is 0 Å². The van der Waals surface area contributed by atoms with E-state index in [1.54, 1.807) is 12.4 Å². The fourth-order valence-electron chi connectivity index (χ4n) is 4.68. The first kappa shape index (κ1) is 21.9. The third-order valence-corrected chi connectivity index (χ3v) is 6.58. The number of benzene rings is 2. The van der Waals surface area contributed by atoms with Crippen LogP contribution in [0.25, 0.3) is 67.1 Å². The minimum absolute atomic E-state index is 0.832. The van der Waals surface area contributed by atoms with Gasteiger partial charge in [-0.15, -0.1) is 0 Å². The van der Waals surface area contributed by atoms with E-state index in [0.717, 1.165) is 67.1 Å². The van der Waals surface area contributed by atoms with Gasteiger partial charge in [-0.05, 0) is 54.6 Å². The summed E-state index contributed by atoms with van der Waals surface area (Å²) in [6.07, 6.45) is 3.57.